The predicted octanol–water partition coefficient (Wildman–Crippen LogP) is 5.56. The maximum Gasteiger partial charge on any atom is 0.246 e. The van der Waals surface area contributed by atoms with Crippen molar-refractivity contribution in [3.63, 3.8) is 0 Å². The maximum atomic E-state index is 12.9. The highest BCUT2D eigenvalue weighted by Crippen LogP contribution is 2.39. The lowest BCUT2D eigenvalue weighted by molar-refractivity contribution is 0.344. The summed E-state index contributed by atoms with van der Waals surface area (Å²) in [5.74, 6) is 0.133. The van der Waals surface area contributed by atoms with Crippen LogP contribution in [0.3, 0.4) is 0 Å². The molecular weight excluding hydrogens is 477 g/mol. The zero-order chi connectivity index (χ0) is 19.6. The summed E-state index contributed by atoms with van der Waals surface area (Å²) >= 11 is 15.8. The standard InChI is InChI=1S/C18H18BrCl2NO4S/c19-11-12-8-14(20)18(15(21)9-12)26-13-4-5-16(23)17(10-13)27(24,25)22-6-2-1-3-7-22/h4-5,8-10,23H,1-3,6-7,11H2. The molecule has 0 spiro atoms. The first-order valence-corrected chi connectivity index (χ1v) is 11.7. The molecule has 5 nitrogen and oxygen atoms in total. The molecule has 1 heterocycles. The van der Waals surface area contributed by atoms with E-state index >= 15 is 0 Å². The van der Waals surface area contributed by atoms with Crippen LogP contribution in [-0.4, -0.2) is 30.9 Å². The zero-order valence-electron chi connectivity index (χ0n) is 14.3. The molecule has 3 rings (SSSR count). The summed E-state index contributed by atoms with van der Waals surface area (Å²) in [4.78, 5) is -0.189. The topological polar surface area (TPSA) is 66.8 Å². The van der Waals surface area contributed by atoms with E-state index in [9.17, 15) is 13.5 Å². The van der Waals surface area contributed by atoms with E-state index in [0.29, 0.717) is 28.5 Å². The lowest BCUT2D eigenvalue weighted by atomic mass is 10.2. The molecule has 1 aliphatic heterocycles. The molecule has 2 aromatic carbocycles. The first kappa shape index (κ1) is 20.7. The van der Waals surface area contributed by atoms with Crippen LogP contribution in [0.4, 0.5) is 0 Å². The Hall–Kier alpha value is -0.990. The van der Waals surface area contributed by atoms with Crippen molar-refractivity contribution in [2.75, 3.05) is 13.1 Å². The first-order chi connectivity index (χ1) is 12.8. The van der Waals surface area contributed by atoms with Crippen LogP contribution in [0.25, 0.3) is 0 Å². The number of alkyl halides is 1. The summed E-state index contributed by atoms with van der Waals surface area (Å²) in [7, 11) is -3.81. The van der Waals surface area contributed by atoms with Crippen LogP contribution in [0.5, 0.6) is 17.2 Å². The summed E-state index contributed by atoms with van der Waals surface area (Å²) in [6, 6.07) is 7.48. The SMILES string of the molecule is O=S(=O)(c1cc(Oc2c(Cl)cc(CBr)cc2Cl)ccc1O)N1CCCCC1. The molecule has 9 heteroatoms. The number of nitrogens with zero attached hydrogens (tertiary/aromatic N) is 1. The molecule has 1 fully saturated rings. The lowest BCUT2D eigenvalue weighted by Crippen LogP contribution is -2.35. The molecule has 1 saturated heterocycles. The fourth-order valence-corrected chi connectivity index (χ4v) is 5.46. The summed E-state index contributed by atoms with van der Waals surface area (Å²) in [5.41, 5.74) is 0.886. The second-order valence-electron chi connectivity index (χ2n) is 6.22. The number of hydrogen-bond donors (Lipinski definition) is 1. The summed E-state index contributed by atoms with van der Waals surface area (Å²) in [6.45, 7) is 0.886. The van der Waals surface area contributed by atoms with E-state index in [2.05, 4.69) is 15.9 Å². The first-order valence-electron chi connectivity index (χ1n) is 8.38. The number of hydrogen-bond acceptors (Lipinski definition) is 4. The highest BCUT2D eigenvalue weighted by Gasteiger charge is 2.29. The van der Waals surface area contributed by atoms with Gasteiger partial charge in [0.2, 0.25) is 10.0 Å². The van der Waals surface area contributed by atoms with Gasteiger partial charge in [-0.25, -0.2) is 8.42 Å². The third-order valence-corrected chi connectivity index (χ3v) is 7.43. The Bertz CT molecular complexity index is 923. The summed E-state index contributed by atoms with van der Waals surface area (Å²) in [5, 5.41) is 11.3. The Morgan fingerprint density at radius 2 is 1.70 bits per heavy atom. The van der Waals surface area contributed by atoms with Crippen molar-refractivity contribution in [1.82, 2.24) is 4.31 Å². The normalized spacial score (nSPS) is 15.7. The molecule has 0 bridgehead atoms. The average molecular weight is 495 g/mol. The van der Waals surface area contributed by atoms with Crippen LogP contribution in [0.2, 0.25) is 10.0 Å². The lowest BCUT2D eigenvalue weighted by Gasteiger charge is -2.26. The van der Waals surface area contributed by atoms with E-state index in [-0.39, 0.29) is 22.1 Å². The number of rotatable bonds is 5. The van der Waals surface area contributed by atoms with Crippen molar-refractivity contribution < 1.29 is 18.3 Å². The number of benzene rings is 2. The minimum atomic E-state index is -3.81. The smallest absolute Gasteiger partial charge is 0.246 e. The number of ether oxygens (including phenoxy) is 1. The van der Waals surface area contributed by atoms with E-state index in [1.807, 2.05) is 0 Å². The van der Waals surface area contributed by atoms with Gasteiger partial charge in [0.25, 0.3) is 0 Å². The van der Waals surface area contributed by atoms with Gasteiger partial charge in [0, 0.05) is 24.5 Å². The van der Waals surface area contributed by atoms with Crippen LogP contribution in [0.15, 0.2) is 35.2 Å². The maximum absolute atomic E-state index is 12.9. The monoisotopic (exact) mass is 493 g/mol. The second kappa shape index (κ2) is 8.57. The van der Waals surface area contributed by atoms with E-state index in [4.69, 9.17) is 27.9 Å². The van der Waals surface area contributed by atoms with Crippen LogP contribution >= 0.6 is 39.1 Å². The Morgan fingerprint density at radius 1 is 1.07 bits per heavy atom. The number of phenolic OH excluding ortho intramolecular Hbond substituents is 1. The molecule has 0 amide bonds. The molecule has 0 aromatic heterocycles. The van der Waals surface area contributed by atoms with Gasteiger partial charge in [-0.2, -0.15) is 4.31 Å². The average Bonchev–Trinajstić information content (AvgIpc) is 2.66. The number of sulfonamides is 1. The molecule has 1 N–H and O–H groups in total. The third-order valence-electron chi connectivity index (χ3n) is 4.30. The highest BCUT2D eigenvalue weighted by atomic mass is 79.9. The van der Waals surface area contributed by atoms with Crippen molar-refractivity contribution in [2.24, 2.45) is 0 Å². The van der Waals surface area contributed by atoms with Gasteiger partial charge in [0.05, 0.1) is 10.0 Å². The third kappa shape index (κ3) is 4.54. The fraction of sp³-hybridized carbons (Fsp3) is 0.333. The Balaban J connectivity index is 1.94. The minimum Gasteiger partial charge on any atom is -0.507 e. The predicted molar refractivity (Wildman–Crippen MR) is 110 cm³/mol. The molecule has 0 saturated carbocycles. The van der Waals surface area contributed by atoms with Gasteiger partial charge >= 0.3 is 0 Å². The van der Waals surface area contributed by atoms with Crippen LogP contribution in [-0.2, 0) is 15.4 Å². The van der Waals surface area contributed by atoms with Gasteiger partial charge in [-0.15, -0.1) is 0 Å². The van der Waals surface area contributed by atoms with E-state index < -0.39 is 10.0 Å². The van der Waals surface area contributed by atoms with Crippen molar-refractivity contribution in [2.45, 2.75) is 29.5 Å². The van der Waals surface area contributed by atoms with Crippen LogP contribution < -0.4 is 4.74 Å². The molecule has 0 atom stereocenters. The molecular formula is C18H18BrCl2NO4S. The van der Waals surface area contributed by atoms with Gasteiger partial charge in [-0.1, -0.05) is 45.6 Å². The molecule has 0 unspecified atom stereocenters. The summed E-state index contributed by atoms with van der Waals surface area (Å²) in [6.07, 6.45) is 2.62. The summed E-state index contributed by atoms with van der Waals surface area (Å²) < 4.78 is 32.9. The number of aromatic hydroxyl groups is 1. The van der Waals surface area contributed by atoms with Crippen LogP contribution in [0, 0.1) is 0 Å². The highest BCUT2D eigenvalue weighted by molar-refractivity contribution is 9.08. The quantitative estimate of drug-likeness (QED) is 0.552. The molecule has 0 radical (unpaired) electrons. The number of phenols is 1. The van der Waals surface area contributed by atoms with Gasteiger partial charge in [0.1, 0.15) is 16.4 Å². The van der Waals surface area contributed by atoms with E-state index in [1.165, 1.54) is 22.5 Å². The largest absolute Gasteiger partial charge is 0.507 e. The van der Waals surface area contributed by atoms with Crippen LogP contribution in [0.1, 0.15) is 24.8 Å². The Kier molecular flexibility index (Phi) is 6.58. The minimum absolute atomic E-state index is 0.189. The van der Waals surface area contributed by atoms with Gasteiger partial charge in [-0.3, -0.25) is 0 Å². The van der Waals surface area contributed by atoms with Gasteiger partial charge in [0.15, 0.2) is 5.75 Å². The van der Waals surface area contributed by atoms with Gasteiger partial charge < -0.3 is 9.84 Å². The molecule has 0 aliphatic carbocycles. The van der Waals surface area contributed by atoms with Crippen molar-refractivity contribution in [3.05, 3.63) is 45.9 Å². The van der Waals surface area contributed by atoms with Crippen molar-refractivity contribution in [3.8, 4) is 17.2 Å². The molecule has 27 heavy (non-hydrogen) atoms. The van der Waals surface area contributed by atoms with Gasteiger partial charge in [-0.05, 0) is 42.7 Å². The number of piperidine rings is 1. The number of halogens is 3. The van der Waals surface area contributed by atoms with Crippen molar-refractivity contribution in [1.29, 1.82) is 0 Å². The van der Waals surface area contributed by atoms with Crippen molar-refractivity contribution >= 4 is 49.2 Å². The molecule has 2 aromatic rings. The fourth-order valence-electron chi connectivity index (χ4n) is 2.91. The second-order valence-corrected chi connectivity index (χ2v) is 9.50. The van der Waals surface area contributed by atoms with E-state index in [1.54, 1.807) is 12.1 Å². The van der Waals surface area contributed by atoms with E-state index in [0.717, 1.165) is 24.8 Å². The Labute approximate surface area is 177 Å². The zero-order valence-corrected chi connectivity index (χ0v) is 18.2. The molecule has 1 aliphatic rings. The Morgan fingerprint density at radius 3 is 2.30 bits per heavy atom. The molecule has 146 valence electrons.